The van der Waals surface area contributed by atoms with Crippen molar-refractivity contribution in [1.29, 1.82) is 0 Å². The molecule has 4 aliphatic rings. The van der Waals surface area contributed by atoms with Gasteiger partial charge in [0.25, 0.3) is 5.91 Å². The van der Waals surface area contributed by atoms with E-state index < -0.39 is 29.6 Å². The number of hydrogen-bond acceptors (Lipinski definition) is 6. The Labute approximate surface area is 265 Å². The van der Waals surface area contributed by atoms with Gasteiger partial charge in [-0.2, -0.15) is 0 Å². The van der Waals surface area contributed by atoms with Gasteiger partial charge in [0.05, 0.1) is 24.5 Å². The van der Waals surface area contributed by atoms with Crippen molar-refractivity contribution in [3.05, 3.63) is 77.9 Å². The fourth-order valence-electron chi connectivity index (χ4n) is 7.68. The van der Waals surface area contributed by atoms with Gasteiger partial charge in [-0.3, -0.25) is 14.4 Å². The number of aryl methyl sites for hydroxylation is 2. The average Bonchev–Trinajstić information content (AvgIpc) is 3.33. The summed E-state index contributed by atoms with van der Waals surface area (Å²) in [5.74, 6) is -1.51. The van der Waals surface area contributed by atoms with Gasteiger partial charge < -0.3 is 29.3 Å². The van der Waals surface area contributed by atoms with Crippen molar-refractivity contribution in [2.75, 3.05) is 42.6 Å². The molecular weight excluding hydrogens is 570 g/mol. The molecule has 0 bridgehead atoms. The Morgan fingerprint density at radius 1 is 0.889 bits per heavy atom. The highest BCUT2D eigenvalue weighted by atomic mass is 16.5. The zero-order valence-electron chi connectivity index (χ0n) is 26.4. The number of rotatable bonds is 10. The van der Waals surface area contributed by atoms with Gasteiger partial charge in [0, 0.05) is 37.6 Å². The molecule has 1 unspecified atom stereocenters. The number of benzene rings is 2. The van der Waals surface area contributed by atoms with Crippen LogP contribution < -0.4 is 14.5 Å². The van der Waals surface area contributed by atoms with Crippen LogP contribution in [-0.4, -0.2) is 78.3 Å². The SMILES string of the molecule is CCOc1ccc(N2CC=C[C@H]3O[C@]45C=CCN(c6c(C)cccc6C)C(=O)C4N(CCCCCCO)C(=O)[C@@H]5[C@H]3C2=O)cc1. The minimum atomic E-state index is -1.28. The zero-order valence-corrected chi connectivity index (χ0v) is 26.4. The van der Waals surface area contributed by atoms with Crippen molar-refractivity contribution >= 4 is 29.1 Å². The van der Waals surface area contributed by atoms with Gasteiger partial charge in [-0.05, 0) is 69.0 Å². The number of ether oxygens (including phenoxy) is 2. The minimum absolute atomic E-state index is 0.127. The fraction of sp³-hybridized carbons (Fsp3) is 0.472. The van der Waals surface area contributed by atoms with E-state index in [9.17, 15) is 19.5 Å². The van der Waals surface area contributed by atoms with Crippen molar-refractivity contribution < 1.29 is 29.0 Å². The summed E-state index contributed by atoms with van der Waals surface area (Å²) in [5.41, 5.74) is 2.23. The molecule has 4 heterocycles. The molecule has 0 saturated carbocycles. The maximum atomic E-state index is 14.7. The van der Waals surface area contributed by atoms with Gasteiger partial charge >= 0.3 is 0 Å². The molecule has 9 heteroatoms. The first kappa shape index (κ1) is 31.0. The van der Waals surface area contributed by atoms with Crippen LogP contribution >= 0.6 is 0 Å². The number of unbranched alkanes of at least 4 members (excludes halogenated alkanes) is 3. The number of para-hydroxylation sites is 1. The average molecular weight is 614 g/mol. The van der Waals surface area contributed by atoms with Crippen LogP contribution in [0.3, 0.4) is 0 Å². The van der Waals surface area contributed by atoms with E-state index in [1.807, 2.05) is 87.5 Å². The van der Waals surface area contributed by atoms with Crippen LogP contribution in [0.25, 0.3) is 0 Å². The maximum Gasteiger partial charge on any atom is 0.253 e. The van der Waals surface area contributed by atoms with Crippen LogP contribution in [0.5, 0.6) is 5.75 Å². The normalized spacial score (nSPS) is 27.4. The number of amides is 3. The number of aliphatic hydroxyl groups is 1. The Morgan fingerprint density at radius 3 is 2.31 bits per heavy atom. The van der Waals surface area contributed by atoms with Crippen molar-refractivity contribution in [1.82, 2.24) is 4.90 Å². The van der Waals surface area contributed by atoms with E-state index in [2.05, 4.69) is 0 Å². The molecule has 4 aliphatic heterocycles. The molecule has 5 atom stereocenters. The highest BCUT2D eigenvalue weighted by Gasteiger charge is 2.71. The van der Waals surface area contributed by atoms with Crippen molar-refractivity contribution in [3.8, 4) is 5.75 Å². The largest absolute Gasteiger partial charge is 0.494 e. The number of aliphatic hydroxyl groups excluding tert-OH is 1. The highest BCUT2D eigenvalue weighted by molar-refractivity contribution is 6.07. The Bertz CT molecular complexity index is 1480. The summed E-state index contributed by atoms with van der Waals surface area (Å²) in [5, 5.41) is 9.24. The first-order valence-corrected chi connectivity index (χ1v) is 16.2. The van der Waals surface area contributed by atoms with Crippen LogP contribution in [0.2, 0.25) is 0 Å². The van der Waals surface area contributed by atoms with Gasteiger partial charge in [-0.15, -0.1) is 0 Å². The van der Waals surface area contributed by atoms with E-state index in [0.29, 0.717) is 44.8 Å². The molecule has 0 aliphatic carbocycles. The molecule has 6 rings (SSSR count). The first-order chi connectivity index (χ1) is 21.8. The second-order valence-electron chi connectivity index (χ2n) is 12.4. The van der Waals surface area contributed by atoms with E-state index in [1.165, 1.54) is 0 Å². The molecule has 0 aromatic heterocycles. The Hall–Kier alpha value is -3.95. The van der Waals surface area contributed by atoms with Crippen LogP contribution in [0.1, 0.15) is 43.7 Å². The van der Waals surface area contributed by atoms with Crippen LogP contribution in [0.15, 0.2) is 66.8 Å². The number of anilines is 2. The number of likely N-dealkylation sites (tertiary alicyclic amines) is 1. The zero-order chi connectivity index (χ0) is 31.7. The molecule has 45 heavy (non-hydrogen) atoms. The molecule has 238 valence electrons. The molecule has 1 spiro atoms. The molecule has 2 saturated heterocycles. The summed E-state index contributed by atoms with van der Waals surface area (Å²) in [6.45, 7) is 7.65. The summed E-state index contributed by atoms with van der Waals surface area (Å²) in [7, 11) is 0. The van der Waals surface area contributed by atoms with Gasteiger partial charge in [0.1, 0.15) is 17.4 Å². The number of nitrogens with zero attached hydrogens (tertiary/aromatic N) is 3. The smallest absolute Gasteiger partial charge is 0.253 e. The minimum Gasteiger partial charge on any atom is -0.494 e. The predicted molar refractivity (Wildman–Crippen MR) is 172 cm³/mol. The lowest BCUT2D eigenvalue weighted by Gasteiger charge is -2.36. The van der Waals surface area contributed by atoms with E-state index >= 15 is 0 Å². The summed E-state index contributed by atoms with van der Waals surface area (Å²) < 4.78 is 12.4. The van der Waals surface area contributed by atoms with Crippen molar-refractivity contribution in [3.63, 3.8) is 0 Å². The van der Waals surface area contributed by atoms with E-state index in [0.717, 1.165) is 35.4 Å². The summed E-state index contributed by atoms with van der Waals surface area (Å²) in [6.07, 6.45) is 10.0. The van der Waals surface area contributed by atoms with E-state index in [-0.39, 0.29) is 24.3 Å². The molecule has 2 fully saturated rings. The molecule has 2 aromatic carbocycles. The molecule has 3 amide bonds. The van der Waals surface area contributed by atoms with Gasteiger partial charge in [-0.1, -0.05) is 55.3 Å². The lowest BCUT2D eigenvalue weighted by molar-refractivity contribution is -0.140. The van der Waals surface area contributed by atoms with Crippen molar-refractivity contribution in [2.45, 2.75) is 64.2 Å². The van der Waals surface area contributed by atoms with E-state index in [4.69, 9.17) is 9.47 Å². The van der Waals surface area contributed by atoms with Crippen LogP contribution in [0, 0.1) is 25.7 Å². The maximum absolute atomic E-state index is 14.7. The summed E-state index contributed by atoms with van der Waals surface area (Å²) in [4.78, 5) is 48.9. The third-order valence-corrected chi connectivity index (χ3v) is 9.63. The van der Waals surface area contributed by atoms with Crippen molar-refractivity contribution in [2.24, 2.45) is 11.8 Å². The van der Waals surface area contributed by atoms with Crippen LogP contribution in [-0.2, 0) is 19.1 Å². The second-order valence-corrected chi connectivity index (χ2v) is 12.4. The Morgan fingerprint density at radius 2 is 1.60 bits per heavy atom. The monoisotopic (exact) mass is 613 g/mol. The summed E-state index contributed by atoms with van der Waals surface area (Å²) >= 11 is 0. The molecule has 1 N–H and O–H groups in total. The van der Waals surface area contributed by atoms with E-state index in [1.54, 1.807) is 14.7 Å². The highest BCUT2D eigenvalue weighted by Crippen LogP contribution is 2.54. The number of fused-ring (bicyclic) bond motifs is 2. The summed E-state index contributed by atoms with van der Waals surface area (Å²) in [6, 6.07) is 12.5. The van der Waals surface area contributed by atoms with Crippen LogP contribution in [0.4, 0.5) is 11.4 Å². The van der Waals surface area contributed by atoms with Gasteiger partial charge in [0.2, 0.25) is 11.8 Å². The van der Waals surface area contributed by atoms with Gasteiger partial charge in [-0.25, -0.2) is 0 Å². The lowest BCUT2D eigenvalue weighted by atomic mass is 9.77. The predicted octanol–water partition coefficient (Wildman–Crippen LogP) is 4.34. The third kappa shape index (κ3) is 5.36. The Kier molecular flexibility index (Phi) is 8.84. The quantitative estimate of drug-likeness (QED) is 0.316. The first-order valence-electron chi connectivity index (χ1n) is 16.2. The molecular formula is C36H43N3O6. The number of hydrogen-bond donors (Lipinski definition) is 1. The topological polar surface area (TPSA) is 99.6 Å². The number of carbonyl (C=O) groups excluding carboxylic acids is 3. The molecule has 2 aromatic rings. The molecule has 9 nitrogen and oxygen atoms in total. The standard InChI is InChI=1S/C36H43N3O6/c1-4-44-27-17-15-26(16-18-27)37-21-10-14-28-29(33(37)41)30-34(42)39(20-7-5-6-8-23-40)32-35(43)38(22-11-19-36(30,32)45-28)31-24(2)12-9-13-25(31)3/h9-19,28-30,32,40H,4-8,20-23H2,1-3H3/t28-,29+,30+,32?,36+/m1/s1. The number of carbonyl (C=O) groups is 3. The van der Waals surface area contributed by atoms with Gasteiger partial charge in [0.15, 0.2) is 0 Å². The second kappa shape index (κ2) is 12.8. The Balaban J connectivity index is 1.38. The molecule has 0 radical (unpaired) electrons. The fourth-order valence-corrected chi connectivity index (χ4v) is 7.68. The lowest BCUT2D eigenvalue weighted by Crippen LogP contribution is -2.55. The third-order valence-electron chi connectivity index (χ3n) is 9.63.